The smallest absolute Gasteiger partial charge is 0.380 e. The Hall–Kier alpha value is -2.22. The summed E-state index contributed by atoms with van der Waals surface area (Å²) in [6.45, 7) is 7.81. The summed E-state index contributed by atoms with van der Waals surface area (Å²) in [6, 6.07) is -0.920. The van der Waals surface area contributed by atoms with Gasteiger partial charge < -0.3 is 4.74 Å². The Morgan fingerprint density at radius 2 is 2.09 bits per heavy atom. The molecule has 3 amide bonds. The lowest BCUT2D eigenvalue weighted by Gasteiger charge is -2.32. The lowest BCUT2D eigenvalue weighted by Crippen LogP contribution is -2.63. The summed E-state index contributed by atoms with van der Waals surface area (Å²) in [5.41, 5.74) is 1.04. The molecule has 0 saturated carbocycles. The Morgan fingerprint density at radius 3 is 2.74 bits per heavy atom. The van der Waals surface area contributed by atoms with Crippen molar-refractivity contribution in [1.82, 2.24) is 14.4 Å². The number of aliphatic imine (C=N–C) groups is 1. The number of ether oxygens (including phenoxy) is 1. The monoisotopic (exact) mass is 320 g/mol. The Bertz CT molecular complexity index is 694. The molecule has 0 aliphatic carbocycles. The summed E-state index contributed by atoms with van der Waals surface area (Å²) in [6.07, 6.45) is 1.92. The predicted octanol–water partition coefficient (Wildman–Crippen LogP) is 0.619. The second kappa shape index (κ2) is 5.77. The van der Waals surface area contributed by atoms with E-state index in [-0.39, 0.29) is 18.5 Å². The number of nitrogens with zero attached hydrogens (tertiary/aromatic N) is 5. The van der Waals surface area contributed by atoms with Gasteiger partial charge in [-0.05, 0) is 20.8 Å². The number of hydrogen-bond acceptors (Lipinski definition) is 4. The molecule has 8 heteroatoms. The van der Waals surface area contributed by atoms with Gasteiger partial charge in [-0.2, -0.15) is 0 Å². The van der Waals surface area contributed by atoms with Crippen LogP contribution in [0, 0.1) is 6.92 Å². The number of carbonyl (C=O) groups excluding carboxylic acids is 2. The second-order valence-corrected chi connectivity index (χ2v) is 5.62. The number of aryl methyl sites for hydroxylation is 1. The molecule has 8 nitrogen and oxygen atoms in total. The van der Waals surface area contributed by atoms with E-state index in [1.807, 2.05) is 36.1 Å². The summed E-state index contributed by atoms with van der Waals surface area (Å²) < 4.78 is 9.17. The fourth-order valence-corrected chi connectivity index (χ4v) is 3.13. The van der Waals surface area contributed by atoms with Gasteiger partial charge in [-0.25, -0.2) is 13.9 Å². The Morgan fingerprint density at radius 1 is 1.35 bits per heavy atom. The van der Waals surface area contributed by atoms with Crippen LogP contribution in [0.1, 0.15) is 25.6 Å². The molecule has 23 heavy (non-hydrogen) atoms. The number of urea groups is 1. The van der Waals surface area contributed by atoms with E-state index in [0.717, 1.165) is 12.2 Å². The highest BCUT2D eigenvalue weighted by molar-refractivity contribution is 6.19. The van der Waals surface area contributed by atoms with E-state index in [1.165, 1.54) is 9.80 Å². The van der Waals surface area contributed by atoms with Crippen LogP contribution in [0.3, 0.4) is 0 Å². The fourth-order valence-electron chi connectivity index (χ4n) is 3.13. The number of fused-ring (bicyclic) bond motifs is 3. The molecule has 1 saturated heterocycles. The maximum absolute atomic E-state index is 12.8. The Balaban J connectivity index is 1.97. The lowest BCUT2D eigenvalue weighted by molar-refractivity contribution is -0.677. The summed E-state index contributed by atoms with van der Waals surface area (Å²) in [4.78, 5) is 32.5. The molecule has 3 rings (SSSR count). The van der Waals surface area contributed by atoms with Gasteiger partial charge in [0.15, 0.2) is 0 Å². The van der Waals surface area contributed by atoms with Gasteiger partial charge in [-0.3, -0.25) is 14.6 Å². The van der Waals surface area contributed by atoms with E-state index in [9.17, 15) is 9.59 Å². The Kier molecular flexibility index (Phi) is 3.93. The molecule has 1 aromatic heterocycles. The van der Waals surface area contributed by atoms with Crippen LogP contribution in [-0.4, -0.2) is 58.9 Å². The molecule has 124 valence electrons. The molecular weight excluding hydrogens is 298 g/mol. The second-order valence-electron chi connectivity index (χ2n) is 5.62. The third-order valence-electron chi connectivity index (χ3n) is 4.30. The molecule has 0 radical (unpaired) electrons. The van der Waals surface area contributed by atoms with Gasteiger partial charge >= 0.3 is 12.0 Å². The number of imidazole rings is 1. The molecule has 1 unspecified atom stereocenters. The van der Waals surface area contributed by atoms with E-state index in [2.05, 4.69) is 4.99 Å². The van der Waals surface area contributed by atoms with Gasteiger partial charge in [0.2, 0.25) is 11.9 Å². The van der Waals surface area contributed by atoms with Crippen molar-refractivity contribution in [3.63, 3.8) is 0 Å². The topological polar surface area (TPSA) is 71.0 Å². The number of aromatic nitrogens is 2. The first-order valence-electron chi connectivity index (χ1n) is 7.87. The first kappa shape index (κ1) is 15.7. The molecule has 2 aliphatic heterocycles. The van der Waals surface area contributed by atoms with E-state index in [4.69, 9.17) is 4.74 Å². The van der Waals surface area contributed by atoms with Crippen molar-refractivity contribution in [2.75, 3.05) is 26.8 Å². The van der Waals surface area contributed by atoms with E-state index < -0.39 is 6.04 Å². The van der Waals surface area contributed by atoms with Crippen molar-refractivity contribution >= 4 is 23.7 Å². The molecule has 0 aromatic carbocycles. The maximum atomic E-state index is 12.8. The number of imide groups is 1. The minimum Gasteiger partial charge on any atom is -0.380 e. The van der Waals surface area contributed by atoms with Crippen molar-refractivity contribution in [2.24, 2.45) is 4.99 Å². The molecule has 3 heterocycles. The van der Waals surface area contributed by atoms with Crippen LogP contribution in [-0.2, 0) is 16.1 Å². The van der Waals surface area contributed by atoms with E-state index in [0.29, 0.717) is 25.0 Å². The molecule has 0 spiro atoms. The third kappa shape index (κ3) is 2.24. The van der Waals surface area contributed by atoms with Crippen molar-refractivity contribution < 1.29 is 18.9 Å². The average molecular weight is 320 g/mol. The van der Waals surface area contributed by atoms with Gasteiger partial charge in [0.05, 0.1) is 19.7 Å². The highest BCUT2D eigenvalue weighted by atomic mass is 16.5. The summed E-state index contributed by atoms with van der Waals surface area (Å²) in [5, 5.41) is 0. The molecule has 1 atom stereocenters. The van der Waals surface area contributed by atoms with Gasteiger partial charge in [-0.1, -0.05) is 4.99 Å². The maximum Gasteiger partial charge on any atom is 0.401 e. The molecule has 1 fully saturated rings. The summed E-state index contributed by atoms with van der Waals surface area (Å²) in [7, 11) is 1.66. The molecular formula is C15H22N5O3+. The predicted molar refractivity (Wildman–Crippen MR) is 82.5 cm³/mol. The van der Waals surface area contributed by atoms with Crippen LogP contribution in [0.5, 0.6) is 0 Å². The first-order valence-corrected chi connectivity index (χ1v) is 7.87. The van der Waals surface area contributed by atoms with Crippen LogP contribution < -0.4 is 4.57 Å². The highest BCUT2D eigenvalue weighted by Gasteiger charge is 2.52. The molecule has 1 aromatic rings. The van der Waals surface area contributed by atoms with E-state index >= 15 is 0 Å². The number of amidine groups is 1. The zero-order valence-corrected chi connectivity index (χ0v) is 13.9. The first-order chi connectivity index (χ1) is 11.0. The van der Waals surface area contributed by atoms with Crippen LogP contribution in [0.4, 0.5) is 10.7 Å². The molecule has 0 bridgehead atoms. The lowest BCUT2D eigenvalue weighted by atomic mass is 10.1. The molecule has 0 N–H and O–H groups in total. The summed E-state index contributed by atoms with van der Waals surface area (Å²) in [5.74, 6) is 0.957. The van der Waals surface area contributed by atoms with Crippen molar-refractivity contribution in [2.45, 2.75) is 33.4 Å². The zero-order chi connectivity index (χ0) is 16.7. The quantitative estimate of drug-likeness (QED) is 0.590. The normalized spacial score (nSPS) is 20.0. The third-order valence-corrected chi connectivity index (χ3v) is 4.30. The van der Waals surface area contributed by atoms with Gasteiger partial charge in [-0.15, -0.1) is 0 Å². The van der Waals surface area contributed by atoms with Crippen LogP contribution >= 0.6 is 0 Å². The highest BCUT2D eigenvalue weighted by Crippen LogP contribution is 2.28. The van der Waals surface area contributed by atoms with E-state index in [1.54, 1.807) is 7.05 Å². The number of rotatable bonds is 5. The standard InChI is InChI=1S/C15H22N5O3/c1-5-18-10(3)9-20-11-12(16-14(18)20)17(4)15(22)19(13(11)21)7-8-23-6-2/h9,11H,5-8H2,1-4H3/q+1. The molecule has 2 aliphatic rings. The number of amides is 3. The van der Waals surface area contributed by atoms with Crippen molar-refractivity contribution in [3.05, 3.63) is 11.9 Å². The van der Waals surface area contributed by atoms with Gasteiger partial charge in [0.1, 0.15) is 11.9 Å². The minimum absolute atomic E-state index is 0.247. The average Bonchev–Trinajstić information content (AvgIpc) is 3.03. The number of carbonyl (C=O) groups is 2. The number of hydrogen-bond donors (Lipinski definition) is 0. The van der Waals surface area contributed by atoms with Gasteiger partial charge in [0, 0.05) is 13.7 Å². The van der Waals surface area contributed by atoms with Crippen molar-refractivity contribution in [3.8, 4) is 0 Å². The largest absolute Gasteiger partial charge is 0.401 e. The Labute approximate surface area is 134 Å². The van der Waals surface area contributed by atoms with Crippen LogP contribution in [0.25, 0.3) is 0 Å². The zero-order valence-electron chi connectivity index (χ0n) is 13.9. The minimum atomic E-state index is -0.569. The van der Waals surface area contributed by atoms with Crippen LogP contribution in [0.15, 0.2) is 11.2 Å². The summed E-state index contributed by atoms with van der Waals surface area (Å²) >= 11 is 0. The number of likely N-dealkylation sites (N-methyl/N-ethyl adjacent to an activating group) is 1. The van der Waals surface area contributed by atoms with Gasteiger partial charge in [0.25, 0.3) is 5.91 Å². The SMILES string of the molecule is CCOCCN1C(=O)C2C(=Nc3n(CC)c(C)c[n+]32)N(C)C1=O. The van der Waals surface area contributed by atoms with Crippen molar-refractivity contribution in [1.29, 1.82) is 0 Å². The fraction of sp³-hybridized carbons (Fsp3) is 0.600. The van der Waals surface area contributed by atoms with Crippen LogP contribution in [0.2, 0.25) is 0 Å².